The van der Waals surface area contributed by atoms with Crippen molar-refractivity contribution in [3.05, 3.63) is 35.4 Å². The number of rotatable bonds is 2. The number of hydrogen-bond acceptors (Lipinski definition) is 2. The molecule has 0 saturated heterocycles. The Balaban J connectivity index is 2.35. The smallest absolute Gasteiger partial charge is 0.158 e. The van der Waals surface area contributed by atoms with E-state index in [2.05, 4.69) is 6.07 Å². The van der Waals surface area contributed by atoms with Crippen LogP contribution in [-0.2, 0) is 11.2 Å². The van der Waals surface area contributed by atoms with Crippen LogP contribution in [0.1, 0.15) is 32.3 Å². The highest BCUT2D eigenvalue weighted by atomic mass is 19.1. The van der Waals surface area contributed by atoms with Crippen LogP contribution in [0, 0.1) is 33.8 Å². The summed E-state index contributed by atoms with van der Waals surface area (Å²) in [6.07, 6.45) is 1.13. The zero-order valence-corrected chi connectivity index (χ0v) is 11.0. The van der Waals surface area contributed by atoms with Gasteiger partial charge in [-0.1, -0.05) is 13.8 Å². The first-order valence-corrected chi connectivity index (χ1v) is 6.20. The van der Waals surface area contributed by atoms with E-state index in [4.69, 9.17) is 0 Å². The summed E-state index contributed by atoms with van der Waals surface area (Å²) in [5.41, 5.74) is -1.34. The molecule has 100 valence electrons. The van der Waals surface area contributed by atoms with E-state index in [-0.39, 0.29) is 12.2 Å². The molecule has 4 heteroatoms. The van der Waals surface area contributed by atoms with Crippen molar-refractivity contribution in [2.24, 2.45) is 10.8 Å². The van der Waals surface area contributed by atoms with Gasteiger partial charge in [0.2, 0.25) is 0 Å². The lowest BCUT2D eigenvalue weighted by atomic mass is 9.77. The molecule has 1 aromatic carbocycles. The normalized spacial score (nSPS) is 25.3. The van der Waals surface area contributed by atoms with Gasteiger partial charge < -0.3 is 0 Å². The van der Waals surface area contributed by atoms with Crippen LogP contribution >= 0.6 is 0 Å². The van der Waals surface area contributed by atoms with Gasteiger partial charge in [-0.15, -0.1) is 0 Å². The molecule has 0 spiro atoms. The molecular weight excluding hydrogens is 248 g/mol. The van der Waals surface area contributed by atoms with E-state index in [1.165, 1.54) is 12.1 Å². The molecule has 1 aromatic rings. The van der Waals surface area contributed by atoms with Gasteiger partial charge in [0, 0.05) is 11.5 Å². The molecule has 0 heterocycles. The lowest BCUT2D eigenvalue weighted by Gasteiger charge is -2.22. The van der Waals surface area contributed by atoms with Crippen LogP contribution in [0.4, 0.5) is 8.78 Å². The van der Waals surface area contributed by atoms with Crippen LogP contribution in [-0.4, -0.2) is 5.78 Å². The second-order valence-corrected chi connectivity index (χ2v) is 5.86. The maximum atomic E-state index is 13.2. The van der Waals surface area contributed by atoms with Gasteiger partial charge in [0.1, 0.15) is 17.0 Å². The van der Waals surface area contributed by atoms with Crippen LogP contribution in [0.2, 0.25) is 0 Å². The highest BCUT2D eigenvalue weighted by Crippen LogP contribution is 2.47. The summed E-state index contributed by atoms with van der Waals surface area (Å²) in [6, 6.07) is 5.22. The standard InChI is InChI=1S/C15H15F2NO/c1-14(2)3-4-15(9-18,13(14)19)8-10-5-11(16)7-12(17)6-10/h5-7H,3-4,8H2,1-2H3. The molecule has 0 radical (unpaired) electrons. The largest absolute Gasteiger partial charge is 0.297 e. The van der Waals surface area contributed by atoms with Crippen molar-refractivity contribution in [2.75, 3.05) is 0 Å². The van der Waals surface area contributed by atoms with Crippen molar-refractivity contribution < 1.29 is 13.6 Å². The predicted octanol–water partition coefficient (Wildman–Crippen LogP) is 3.41. The lowest BCUT2D eigenvalue weighted by molar-refractivity contribution is -0.130. The molecule has 1 saturated carbocycles. The number of carbonyl (C=O) groups is 1. The van der Waals surface area contributed by atoms with E-state index in [1.54, 1.807) is 13.8 Å². The zero-order valence-electron chi connectivity index (χ0n) is 11.0. The van der Waals surface area contributed by atoms with Crippen LogP contribution in [0.3, 0.4) is 0 Å². The third-order valence-electron chi connectivity index (χ3n) is 3.87. The van der Waals surface area contributed by atoms with E-state index < -0.39 is 22.5 Å². The second kappa shape index (κ2) is 4.41. The summed E-state index contributed by atoms with van der Waals surface area (Å²) >= 11 is 0. The fraction of sp³-hybridized carbons (Fsp3) is 0.467. The number of Topliss-reactive ketones (excluding diaryl/α,β-unsaturated/α-hetero) is 1. The van der Waals surface area contributed by atoms with Crippen molar-refractivity contribution in [1.29, 1.82) is 5.26 Å². The fourth-order valence-corrected chi connectivity index (χ4v) is 2.78. The molecule has 0 aliphatic heterocycles. The second-order valence-electron chi connectivity index (χ2n) is 5.86. The molecular formula is C15H15F2NO. The van der Waals surface area contributed by atoms with Gasteiger partial charge in [0.25, 0.3) is 0 Å². The first kappa shape index (κ1) is 13.7. The number of hydrogen-bond donors (Lipinski definition) is 0. The van der Waals surface area contributed by atoms with Gasteiger partial charge in [0.05, 0.1) is 6.07 Å². The van der Waals surface area contributed by atoms with Gasteiger partial charge in [-0.05, 0) is 37.0 Å². The molecule has 1 fully saturated rings. The molecule has 2 rings (SSSR count). The van der Waals surface area contributed by atoms with Crippen molar-refractivity contribution in [3.8, 4) is 6.07 Å². The van der Waals surface area contributed by atoms with E-state index in [1.807, 2.05) is 0 Å². The number of ketones is 1. The summed E-state index contributed by atoms with van der Waals surface area (Å²) in [7, 11) is 0. The van der Waals surface area contributed by atoms with E-state index in [9.17, 15) is 18.8 Å². The molecule has 0 bridgehead atoms. The first-order chi connectivity index (χ1) is 8.79. The number of nitrogens with zero attached hydrogens (tertiary/aromatic N) is 1. The van der Waals surface area contributed by atoms with Gasteiger partial charge in [-0.25, -0.2) is 8.78 Å². The van der Waals surface area contributed by atoms with Crippen LogP contribution in [0.25, 0.3) is 0 Å². The summed E-state index contributed by atoms with van der Waals surface area (Å²) in [5, 5.41) is 9.36. The zero-order chi connectivity index (χ0) is 14.3. The first-order valence-electron chi connectivity index (χ1n) is 6.20. The van der Waals surface area contributed by atoms with Crippen LogP contribution in [0.5, 0.6) is 0 Å². The Labute approximate surface area is 111 Å². The lowest BCUT2D eigenvalue weighted by Crippen LogP contribution is -2.33. The Bertz CT molecular complexity index is 554. The minimum absolute atomic E-state index is 0.0699. The summed E-state index contributed by atoms with van der Waals surface area (Å²) in [6.45, 7) is 3.61. The molecule has 1 aliphatic rings. The quantitative estimate of drug-likeness (QED) is 0.820. The predicted molar refractivity (Wildman–Crippen MR) is 66.1 cm³/mol. The Hall–Kier alpha value is -1.76. The third-order valence-corrected chi connectivity index (χ3v) is 3.87. The topological polar surface area (TPSA) is 40.9 Å². The maximum absolute atomic E-state index is 13.2. The number of nitriles is 1. The monoisotopic (exact) mass is 263 g/mol. The molecule has 1 unspecified atom stereocenters. The van der Waals surface area contributed by atoms with Gasteiger partial charge >= 0.3 is 0 Å². The van der Waals surface area contributed by atoms with Crippen molar-refractivity contribution in [1.82, 2.24) is 0 Å². The average molecular weight is 263 g/mol. The molecule has 0 aromatic heterocycles. The molecule has 0 N–H and O–H groups in total. The van der Waals surface area contributed by atoms with E-state index >= 15 is 0 Å². The van der Waals surface area contributed by atoms with Gasteiger partial charge in [-0.2, -0.15) is 5.26 Å². The number of benzene rings is 1. The summed E-state index contributed by atoms with van der Waals surface area (Å²) in [4.78, 5) is 12.3. The Morgan fingerprint density at radius 2 is 1.79 bits per heavy atom. The highest BCUT2D eigenvalue weighted by molar-refractivity contribution is 5.94. The minimum atomic E-state index is -1.15. The summed E-state index contributed by atoms with van der Waals surface area (Å²) < 4.78 is 26.3. The fourth-order valence-electron chi connectivity index (χ4n) is 2.78. The van der Waals surface area contributed by atoms with Gasteiger partial charge in [0.15, 0.2) is 5.78 Å². The highest BCUT2D eigenvalue weighted by Gasteiger charge is 2.52. The summed E-state index contributed by atoms with van der Waals surface area (Å²) in [5.74, 6) is -1.51. The molecule has 1 atom stereocenters. The van der Waals surface area contributed by atoms with E-state index in [0.717, 1.165) is 6.07 Å². The molecule has 0 amide bonds. The van der Waals surface area contributed by atoms with Crippen molar-refractivity contribution in [2.45, 2.75) is 33.1 Å². The van der Waals surface area contributed by atoms with E-state index in [0.29, 0.717) is 18.4 Å². The Morgan fingerprint density at radius 1 is 1.21 bits per heavy atom. The Morgan fingerprint density at radius 3 is 2.21 bits per heavy atom. The SMILES string of the molecule is CC1(C)CCC(C#N)(Cc2cc(F)cc(F)c2)C1=O. The van der Waals surface area contributed by atoms with Crippen LogP contribution < -0.4 is 0 Å². The number of carbonyl (C=O) groups excluding carboxylic acids is 1. The van der Waals surface area contributed by atoms with Crippen LogP contribution in [0.15, 0.2) is 18.2 Å². The number of halogens is 2. The molecule has 2 nitrogen and oxygen atoms in total. The molecule has 1 aliphatic carbocycles. The molecule has 19 heavy (non-hydrogen) atoms. The maximum Gasteiger partial charge on any atom is 0.158 e. The third kappa shape index (κ3) is 2.37. The van der Waals surface area contributed by atoms with Crippen molar-refractivity contribution >= 4 is 5.78 Å². The minimum Gasteiger partial charge on any atom is -0.297 e. The van der Waals surface area contributed by atoms with Crippen molar-refractivity contribution in [3.63, 3.8) is 0 Å². The van der Waals surface area contributed by atoms with Gasteiger partial charge in [-0.3, -0.25) is 4.79 Å². The Kier molecular flexibility index (Phi) is 3.17. The average Bonchev–Trinajstić information content (AvgIpc) is 2.53.